The van der Waals surface area contributed by atoms with Crippen LogP contribution >= 0.6 is 0 Å². The molecule has 0 aromatic heterocycles. The van der Waals surface area contributed by atoms with Crippen LogP contribution in [0.1, 0.15) is 6.92 Å². The summed E-state index contributed by atoms with van der Waals surface area (Å²) < 4.78 is 38.2. The van der Waals surface area contributed by atoms with Gasteiger partial charge in [-0.1, -0.05) is 6.92 Å². The summed E-state index contributed by atoms with van der Waals surface area (Å²) in [6, 6.07) is 0. The predicted octanol–water partition coefficient (Wildman–Crippen LogP) is 0.673. The first-order chi connectivity index (χ1) is 8.51. The average molecular weight is 264 g/mol. The van der Waals surface area contributed by atoms with Crippen molar-refractivity contribution in [2.45, 2.75) is 25.1 Å². The highest BCUT2D eigenvalue weighted by Gasteiger charge is 2.48. The highest BCUT2D eigenvalue weighted by atomic mass is 19.3. The van der Waals surface area contributed by atoms with E-state index in [4.69, 9.17) is 9.47 Å². The summed E-state index contributed by atoms with van der Waals surface area (Å²) in [6.07, 6.45) is -1.08. The maximum atomic E-state index is 13.7. The summed E-state index contributed by atoms with van der Waals surface area (Å²) in [4.78, 5) is 3.85. The lowest BCUT2D eigenvalue weighted by Crippen LogP contribution is -2.44. The van der Waals surface area contributed by atoms with Crippen molar-refractivity contribution in [1.29, 1.82) is 0 Å². The number of likely N-dealkylation sites (tertiary alicyclic amines) is 1. The molecule has 0 saturated carbocycles. The molecule has 2 unspecified atom stereocenters. The lowest BCUT2D eigenvalue weighted by molar-refractivity contribution is -0.136. The van der Waals surface area contributed by atoms with Crippen LogP contribution in [0.3, 0.4) is 0 Å². The van der Waals surface area contributed by atoms with Crippen molar-refractivity contribution >= 4 is 0 Å². The number of likely N-dealkylation sites (N-methyl/N-ethyl adjacent to an activating group) is 2. The lowest BCUT2D eigenvalue weighted by Gasteiger charge is -2.31. The van der Waals surface area contributed by atoms with E-state index in [0.29, 0.717) is 19.7 Å². The Bertz CT molecular complexity index is 279. The van der Waals surface area contributed by atoms with E-state index >= 15 is 0 Å². The minimum atomic E-state index is -2.74. The van der Waals surface area contributed by atoms with Gasteiger partial charge in [0.1, 0.15) is 6.10 Å². The molecule has 18 heavy (non-hydrogen) atoms. The maximum Gasteiger partial charge on any atom is 0.287 e. The van der Waals surface area contributed by atoms with Crippen LogP contribution in [0.4, 0.5) is 8.78 Å². The molecule has 0 amide bonds. The topological polar surface area (TPSA) is 24.9 Å². The van der Waals surface area contributed by atoms with Gasteiger partial charge in [0, 0.05) is 19.6 Å². The van der Waals surface area contributed by atoms with E-state index in [9.17, 15) is 8.78 Å². The molecule has 0 aromatic rings. The lowest BCUT2D eigenvalue weighted by atomic mass is 10.2. The third-order valence-corrected chi connectivity index (χ3v) is 3.60. The number of ether oxygens (including phenoxy) is 2. The molecule has 0 bridgehead atoms. The molecule has 2 aliphatic heterocycles. The highest BCUT2D eigenvalue weighted by molar-refractivity contribution is 4.91. The fourth-order valence-corrected chi connectivity index (χ4v) is 2.44. The minimum absolute atomic E-state index is 0.0878. The van der Waals surface area contributed by atoms with Gasteiger partial charge in [-0.15, -0.1) is 0 Å². The van der Waals surface area contributed by atoms with Crippen LogP contribution in [0.5, 0.6) is 0 Å². The van der Waals surface area contributed by atoms with Crippen molar-refractivity contribution in [3.63, 3.8) is 0 Å². The standard InChI is InChI=1S/C12H22F2N2O2/c1-3-16-7-11(12(13,14)9-16)18-8-10-6-15(2)4-5-17-10/h10-11H,3-9H2,1-2H3. The van der Waals surface area contributed by atoms with Crippen molar-refractivity contribution < 1.29 is 18.3 Å². The Morgan fingerprint density at radius 1 is 1.39 bits per heavy atom. The van der Waals surface area contributed by atoms with Gasteiger partial charge in [0.05, 0.1) is 25.9 Å². The molecule has 2 saturated heterocycles. The number of halogens is 2. The fraction of sp³-hybridized carbons (Fsp3) is 1.00. The van der Waals surface area contributed by atoms with E-state index in [-0.39, 0.29) is 19.3 Å². The van der Waals surface area contributed by atoms with Crippen LogP contribution in [0, 0.1) is 0 Å². The number of alkyl halides is 2. The molecule has 0 spiro atoms. The molecule has 0 aliphatic carbocycles. The zero-order valence-corrected chi connectivity index (χ0v) is 11.1. The van der Waals surface area contributed by atoms with Gasteiger partial charge >= 0.3 is 0 Å². The van der Waals surface area contributed by atoms with Gasteiger partial charge in [-0.25, -0.2) is 8.78 Å². The zero-order valence-electron chi connectivity index (χ0n) is 11.1. The molecular weight excluding hydrogens is 242 g/mol. The second-order valence-corrected chi connectivity index (χ2v) is 5.17. The van der Waals surface area contributed by atoms with E-state index in [0.717, 1.165) is 13.1 Å². The summed E-state index contributed by atoms with van der Waals surface area (Å²) in [6.45, 7) is 5.17. The second kappa shape index (κ2) is 5.77. The van der Waals surface area contributed by atoms with Gasteiger partial charge in [0.25, 0.3) is 5.92 Å². The molecule has 2 aliphatic rings. The van der Waals surface area contributed by atoms with Crippen LogP contribution in [-0.2, 0) is 9.47 Å². The van der Waals surface area contributed by atoms with Gasteiger partial charge < -0.3 is 14.4 Å². The third kappa shape index (κ3) is 3.38. The first kappa shape index (κ1) is 14.1. The molecule has 0 N–H and O–H groups in total. The summed E-state index contributed by atoms with van der Waals surface area (Å²) in [5, 5.41) is 0. The Balaban J connectivity index is 1.79. The van der Waals surface area contributed by atoms with Crippen molar-refractivity contribution in [2.24, 2.45) is 0 Å². The van der Waals surface area contributed by atoms with Gasteiger partial charge in [-0.2, -0.15) is 0 Å². The molecule has 2 heterocycles. The monoisotopic (exact) mass is 264 g/mol. The number of morpholine rings is 1. The van der Waals surface area contributed by atoms with Crippen molar-refractivity contribution in [3.05, 3.63) is 0 Å². The number of hydrogen-bond donors (Lipinski definition) is 0. The average Bonchev–Trinajstić information content (AvgIpc) is 2.61. The van der Waals surface area contributed by atoms with E-state index < -0.39 is 12.0 Å². The smallest absolute Gasteiger partial charge is 0.287 e. The molecule has 106 valence electrons. The molecular formula is C12H22F2N2O2. The van der Waals surface area contributed by atoms with Crippen LogP contribution in [0.2, 0.25) is 0 Å². The van der Waals surface area contributed by atoms with Crippen molar-refractivity contribution in [2.75, 3.05) is 53.0 Å². The number of rotatable bonds is 4. The van der Waals surface area contributed by atoms with Crippen LogP contribution in [-0.4, -0.2) is 80.9 Å². The first-order valence-electron chi connectivity index (χ1n) is 6.53. The molecule has 0 radical (unpaired) electrons. The van der Waals surface area contributed by atoms with Crippen molar-refractivity contribution in [3.8, 4) is 0 Å². The largest absolute Gasteiger partial charge is 0.373 e. The predicted molar refractivity (Wildman–Crippen MR) is 64.0 cm³/mol. The van der Waals surface area contributed by atoms with Crippen LogP contribution < -0.4 is 0 Å². The van der Waals surface area contributed by atoms with E-state index in [2.05, 4.69) is 4.90 Å². The zero-order chi connectivity index (χ0) is 13.2. The van der Waals surface area contributed by atoms with Crippen LogP contribution in [0.15, 0.2) is 0 Å². The normalized spacial score (nSPS) is 34.0. The molecule has 2 rings (SSSR count). The first-order valence-corrected chi connectivity index (χ1v) is 6.53. The van der Waals surface area contributed by atoms with Gasteiger partial charge in [-0.05, 0) is 13.6 Å². The molecule has 4 nitrogen and oxygen atoms in total. The Morgan fingerprint density at radius 3 is 2.78 bits per heavy atom. The van der Waals surface area contributed by atoms with E-state index in [1.165, 1.54) is 0 Å². The third-order valence-electron chi connectivity index (χ3n) is 3.60. The van der Waals surface area contributed by atoms with E-state index in [1.807, 2.05) is 14.0 Å². The van der Waals surface area contributed by atoms with E-state index in [1.54, 1.807) is 4.90 Å². The van der Waals surface area contributed by atoms with Crippen LogP contribution in [0.25, 0.3) is 0 Å². The van der Waals surface area contributed by atoms with Gasteiger partial charge in [-0.3, -0.25) is 4.90 Å². The SMILES string of the molecule is CCN1CC(OCC2CN(C)CCO2)C(F)(F)C1. The molecule has 0 aromatic carbocycles. The summed E-state index contributed by atoms with van der Waals surface area (Å²) >= 11 is 0. The molecule has 2 atom stereocenters. The summed E-state index contributed by atoms with van der Waals surface area (Å²) in [5.41, 5.74) is 0. The Hall–Kier alpha value is -0.300. The quantitative estimate of drug-likeness (QED) is 0.745. The Kier molecular flexibility index (Phi) is 4.53. The molecule has 2 fully saturated rings. The summed E-state index contributed by atoms with van der Waals surface area (Å²) in [7, 11) is 2.00. The molecule has 6 heteroatoms. The Labute approximate surface area is 107 Å². The minimum Gasteiger partial charge on any atom is -0.373 e. The van der Waals surface area contributed by atoms with Gasteiger partial charge in [0.2, 0.25) is 0 Å². The summed E-state index contributed by atoms with van der Waals surface area (Å²) in [5.74, 6) is -2.74. The number of nitrogens with zero attached hydrogens (tertiary/aromatic N) is 2. The highest BCUT2D eigenvalue weighted by Crippen LogP contribution is 2.29. The van der Waals surface area contributed by atoms with Gasteiger partial charge in [0.15, 0.2) is 0 Å². The maximum absolute atomic E-state index is 13.7. The second-order valence-electron chi connectivity index (χ2n) is 5.17. The number of hydrogen-bond acceptors (Lipinski definition) is 4. The van der Waals surface area contributed by atoms with Crippen molar-refractivity contribution in [1.82, 2.24) is 9.80 Å². The Morgan fingerprint density at radius 2 is 2.17 bits per heavy atom. The fourth-order valence-electron chi connectivity index (χ4n) is 2.44.